The van der Waals surface area contributed by atoms with Crippen LogP contribution in [0.2, 0.25) is 0 Å². The van der Waals surface area contributed by atoms with E-state index in [2.05, 4.69) is 5.32 Å². The van der Waals surface area contributed by atoms with Crippen LogP contribution in [-0.2, 0) is 0 Å². The van der Waals surface area contributed by atoms with E-state index >= 15 is 0 Å². The summed E-state index contributed by atoms with van der Waals surface area (Å²) < 4.78 is 0. The Hall–Kier alpha value is -0.0451. The largest absolute Gasteiger partial charge is 0.317 e. The van der Waals surface area contributed by atoms with Crippen LogP contribution in [0.25, 0.3) is 0 Å². The smallest absolute Gasteiger partial charge is 0 e. The van der Waals surface area contributed by atoms with Crippen molar-refractivity contribution in [3.8, 4) is 0 Å². The van der Waals surface area contributed by atoms with Crippen LogP contribution in [0.4, 0.5) is 4.70 Å². The molecule has 1 rings (SSSR count). The Balaban J connectivity index is 0. The van der Waals surface area contributed by atoms with Gasteiger partial charge in [-0.2, -0.15) is 0 Å². The lowest BCUT2D eigenvalue weighted by Gasteiger charge is -1.76. The first-order valence-corrected chi connectivity index (χ1v) is 2.21. The summed E-state index contributed by atoms with van der Waals surface area (Å²) in [6.45, 7) is 2.50. The van der Waals surface area contributed by atoms with Crippen LogP contribution in [0.3, 0.4) is 0 Å². The molecule has 0 aromatic carbocycles. The van der Waals surface area contributed by atoms with Gasteiger partial charge in [-0.25, -0.2) is 0 Å². The zero-order valence-electron chi connectivity index (χ0n) is 4.31. The maximum absolute atomic E-state index is 3.22. The molecule has 0 saturated carbocycles. The van der Waals surface area contributed by atoms with E-state index in [4.69, 9.17) is 0 Å². The maximum atomic E-state index is 3.22. The van der Waals surface area contributed by atoms with Crippen molar-refractivity contribution < 1.29 is 4.70 Å². The Labute approximate surface area is 45.4 Å². The van der Waals surface area contributed by atoms with Gasteiger partial charge >= 0.3 is 0 Å². The normalized spacial score (nSPS) is 17.1. The molecular formula is C4H10BFN. The lowest BCUT2D eigenvalue weighted by Crippen LogP contribution is -2.03. The summed E-state index contributed by atoms with van der Waals surface area (Å²) in [5.74, 6) is 0. The highest BCUT2D eigenvalue weighted by Gasteiger charge is 1.93. The summed E-state index contributed by atoms with van der Waals surface area (Å²) in [5.41, 5.74) is 0. The molecule has 1 fully saturated rings. The molecule has 1 aliphatic heterocycles. The van der Waals surface area contributed by atoms with Gasteiger partial charge in [0.2, 0.25) is 0 Å². The van der Waals surface area contributed by atoms with E-state index < -0.39 is 0 Å². The van der Waals surface area contributed by atoms with E-state index in [1.807, 2.05) is 0 Å². The summed E-state index contributed by atoms with van der Waals surface area (Å²) >= 11 is 0. The van der Waals surface area contributed by atoms with Gasteiger partial charge in [0.25, 0.3) is 0 Å². The molecule has 1 aliphatic rings. The van der Waals surface area contributed by atoms with Gasteiger partial charge in [-0.1, -0.05) is 0 Å². The molecule has 0 aromatic heterocycles. The summed E-state index contributed by atoms with van der Waals surface area (Å²) in [6.07, 6.45) is 2.78. The molecule has 0 amide bonds. The van der Waals surface area contributed by atoms with E-state index in [1.165, 1.54) is 25.9 Å². The molecule has 0 spiro atoms. The van der Waals surface area contributed by atoms with Gasteiger partial charge in [0.05, 0.1) is 0 Å². The predicted molar refractivity (Wildman–Crippen MR) is 30.4 cm³/mol. The molecular weight excluding hydrogens is 91.9 g/mol. The molecule has 1 N–H and O–H groups in total. The Morgan fingerprint density at radius 3 is 1.57 bits per heavy atom. The lowest BCUT2D eigenvalue weighted by atomic mass is 10.4. The van der Waals surface area contributed by atoms with Crippen molar-refractivity contribution >= 4 is 8.41 Å². The highest BCUT2D eigenvalue weighted by molar-refractivity contribution is 5.75. The van der Waals surface area contributed by atoms with E-state index in [-0.39, 0.29) is 13.1 Å². The Kier molecular flexibility index (Phi) is 8.55. The molecule has 0 atom stereocenters. The molecule has 1 nitrogen and oxygen atoms in total. The molecule has 0 aromatic rings. The Morgan fingerprint density at radius 1 is 1.00 bits per heavy atom. The van der Waals surface area contributed by atoms with Crippen molar-refractivity contribution in [2.24, 2.45) is 0 Å². The second-order valence-electron chi connectivity index (χ2n) is 1.46. The Bertz CT molecular complexity index is 23.3. The average molecular weight is 102 g/mol. The van der Waals surface area contributed by atoms with Crippen molar-refractivity contribution in [1.82, 2.24) is 5.32 Å². The first-order chi connectivity index (χ1) is 2.50. The van der Waals surface area contributed by atoms with Gasteiger partial charge in [0.15, 0.2) is 0 Å². The topological polar surface area (TPSA) is 12.0 Å². The highest BCUT2D eigenvalue weighted by Crippen LogP contribution is 1.90. The fourth-order valence-electron chi connectivity index (χ4n) is 0.625. The van der Waals surface area contributed by atoms with Crippen LogP contribution < -0.4 is 5.32 Å². The van der Waals surface area contributed by atoms with E-state index in [0.29, 0.717) is 0 Å². The third kappa shape index (κ3) is 3.79. The lowest BCUT2D eigenvalue weighted by molar-refractivity contribution is 0.857. The maximum Gasteiger partial charge on any atom is 0 e. The van der Waals surface area contributed by atoms with Gasteiger partial charge in [-0.3, -0.25) is 4.70 Å². The minimum Gasteiger partial charge on any atom is -0.317 e. The van der Waals surface area contributed by atoms with Crippen molar-refractivity contribution in [3.63, 3.8) is 0 Å². The zero-order valence-corrected chi connectivity index (χ0v) is 4.31. The van der Waals surface area contributed by atoms with Crippen LogP contribution in [0.5, 0.6) is 0 Å². The molecule has 1 heterocycles. The van der Waals surface area contributed by atoms with Gasteiger partial charge in [-0.15, -0.1) is 0 Å². The third-order valence-corrected chi connectivity index (χ3v) is 0.957. The average Bonchev–Trinajstić information content (AvgIpc) is 1.76. The summed E-state index contributed by atoms with van der Waals surface area (Å²) in [6, 6.07) is 0. The number of hydrogen-bond acceptors (Lipinski definition) is 1. The van der Waals surface area contributed by atoms with Crippen molar-refractivity contribution in [3.05, 3.63) is 0 Å². The molecule has 41 valence electrons. The van der Waals surface area contributed by atoms with E-state index in [0.717, 1.165) is 0 Å². The first-order valence-electron chi connectivity index (χ1n) is 2.21. The van der Waals surface area contributed by atoms with Crippen molar-refractivity contribution in [2.75, 3.05) is 13.1 Å². The van der Waals surface area contributed by atoms with Crippen molar-refractivity contribution in [1.29, 1.82) is 0 Å². The molecule has 0 unspecified atom stereocenters. The monoisotopic (exact) mass is 102 g/mol. The zero-order chi connectivity index (χ0) is 3.54. The minimum atomic E-state index is 0. The fourth-order valence-corrected chi connectivity index (χ4v) is 0.625. The summed E-state index contributed by atoms with van der Waals surface area (Å²) in [5, 5.41) is 3.22. The van der Waals surface area contributed by atoms with Crippen LogP contribution in [0.15, 0.2) is 0 Å². The first kappa shape index (κ1) is 10.0. The summed E-state index contributed by atoms with van der Waals surface area (Å²) in [4.78, 5) is 0. The van der Waals surface area contributed by atoms with Gasteiger partial charge in [0.1, 0.15) is 0 Å². The van der Waals surface area contributed by atoms with E-state index in [9.17, 15) is 0 Å². The van der Waals surface area contributed by atoms with Gasteiger partial charge in [0, 0.05) is 8.41 Å². The van der Waals surface area contributed by atoms with E-state index in [1.54, 1.807) is 0 Å². The number of halogens is 1. The molecule has 0 bridgehead atoms. The third-order valence-electron chi connectivity index (χ3n) is 0.957. The quantitative estimate of drug-likeness (QED) is 0.429. The van der Waals surface area contributed by atoms with Crippen LogP contribution in [0.1, 0.15) is 12.8 Å². The molecule has 3 heteroatoms. The van der Waals surface area contributed by atoms with Crippen molar-refractivity contribution in [2.45, 2.75) is 12.8 Å². The molecule has 3 radical (unpaired) electrons. The second-order valence-corrected chi connectivity index (χ2v) is 1.46. The molecule has 1 saturated heterocycles. The number of nitrogens with one attached hydrogen (secondary N) is 1. The van der Waals surface area contributed by atoms with Gasteiger partial charge < -0.3 is 5.32 Å². The molecule has 7 heavy (non-hydrogen) atoms. The number of hydrogen-bond donors (Lipinski definition) is 1. The predicted octanol–water partition coefficient (Wildman–Crippen LogP) is 0.141. The standard InChI is InChI=1S/C4H9N.B.FH/c1-2-4-5-3-1;;/h5H,1-4H2;;1H. The SMILES string of the molecule is C1CCNC1.F.[B]. The minimum absolute atomic E-state index is 0. The molecule has 0 aliphatic carbocycles. The summed E-state index contributed by atoms with van der Waals surface area (Å²) in [7, 11) is 0. The fraction of sp³-hybridized carbons (Fsp3) is 1.00. The van der Waals surface area contributed by atoms with Crippen LogP contribution >= 0.6 is 0 Å². The van der Waals surface area contributed by atoms with Gasteiger partial charge in [-0.05, 0) is 25.9 Å². The second kappa shape index (κ2) is 5.95. The van der Waals surface area contributed by atoms with Crippen LogP contribution in [0, 0.1) is 0 Å². The van der Waals surface area contributed by atoms with Crippen LogP contribution in [-0.4, -0.2) is 21.5 Å². The highest BCUT2D eigenvalue weighted by atomic mass is 19.0. The Morgan fingerprint density at radius 2 is 1.43 bits per heavy atom. The number of rotatable bonds is 0.